The van der Waals surface area contributed by atoms with Crippen LogP contribution in [0.4, 0.5) is 4.39 Å². The number of fused-ring (bicyclic) bond motifs is 1. The molecule has 3 aromatic rings. The third-order valence-electron chi connectivity index (χ3n) is 4.11. The molecule has 29 heavy (non-hydrogen) atoms. The average molecular weight is 415 g/mol. The minimum absolute atomic E-state index is 0.0478. The van der Waals surface area contributed by atoms with Crippen LogP contribution < -0.4 is 10.9 Å². The zero-order valence-corrected chi connectivity index (χ0v) is 16.4. The number of methoxy groups -OCH3 is 1. The van der Waals surface area contributed by atoms with Gasteiger partial charge >= 0.3 is 5.97 Å². The second kappa shape index (κ2) is 9.33. The van der Waals surface area contributed by atoms with Crippen LogP contribution in [0.25, 0.3) is 10.9 Å². The molecule has 0 saturated carbocycles. The molecule has 1 aromatic heterocycles. The van der Waals surface area contributed by atoms with Crippen LogP contribution in [-0.4, -0.2) is 34.3 Å². The molecule has 0 fully saturated rings. The number of amides is 1. The van der Waals surface area contributed by atoms with Crippen molar-refractivity contribution in [3.63, 3.8) is 0 Å². The van der Waals surface area contributed by atoms with Crippen LogP contribution in [0.3, 0.4) is 0 Å². The molecule has 0 aliphatic heterocycles. The number of rotatable bonds is 7. The number of esters is 1. The van der Waals surface area contributed by atoms with E-state index in [0.717, 1.165) is 11.8 Å². The predicted octanol–water partition coefficient (Wildman–Crippen LogP) is 2.12. The summed E-state index contributed by atoms with van der Waals surface area (Å²) in [6.45, 7) is -0.265. The van der Waals surface area contributed by atoms with Crippen molar-refractivity contribution in [2.75, 3.05) is 12.9 Å². The van der Waals surface area contributed by atoms with Gasteiger partial charge in [0.1, 0.15) is 12.4 Å². The van der Waals surface area contributed by atoms with Crippen molar-refractivity contribution in [2.24, 2.45) is 0 Å². The minimum Gasteiger partial charge on any atom is -0.468 e. The largest absolute Gasteiger partial charge is 0.468 e. The first-order chi connectivity index (χ1) is 14.0. The zero-order valence-electron chi connectivity index (χ0n) is 15.6. The molecule has 9 heteroatoms. The highest BCUT2D eigenvalue weighted by Gasteiger charge is 2.16. The van der Waals surface area contributed by atoms with Gasteiger partial charge in [0.15, 0.2) is 5.16 Å². The Balaban J connectivity index is 1.76. The van der Waals surface area contributed by atoms with E-state index in [1.807, 2.05) is 0 Å². The molecule has 0 spiro atoms. The number of aromatic nitrogens is 2. The fourth-order valence-corrected chi connectivity index (χ4v) is 3.44. The van der Waals surface area contributed by atoms with Crippen molar-refractivity contribution in [3.05, 3.63) is 70.3 Å². The fraction of sp³-hybridized carbons (Fsp3) is 0.200. The van der Waals surface area contributed by atoms with Crippen molar-refractivity contribution in [3.8, 4) is 0 Å². The number of carbonyl (C=O) groups excluding carboxylic acids is 2. The number of ether oxygens (including phenoxy) is 1. The summed E-state index contributed by atoms with van der Waals surface area (Å²) < 4.78 is 19.5. The van der Waals surface area contributed by atoms with Gasteiger partial charge in [-0.1, -0.05) is 42.1 Å². The van der Waals surface area contributed by atoms with Gasteiger partial charge in [-0.2, -0.15) is 0 Å². The normalized spacial score (nSPS) is 10.7. The first-order valence-corrected chi connectivity index (χ1v) is 9.67. The summed E-state index contributed by atoms with van der Waals surface area (Å²) in [5.74, 6) is -1.41. The summed E-state index contributed by atoms with van der Waals surface area (Å²) in [5, 5.41) is 3.21. The Morgan fingerprint density at radius 1 is 1.17 bits per heavy atom. The van der Waals surface area contributed by atoms with Crippen molar-refractivity contribution in [1.82, 2.24) is 14.9 Å². The van der Waals surface area contributed by atoms with E-state index in [0.29, 0.717) is 16.5 Å². The fourth-order valence-electron chi connectivity index (χ4n) is 2.61. The van der Waals surface area contributed by atoms with Crippen LogP contribution >= 0.6 is 11.8 Å². The first kappa shape index (κ1) is 20.5. The number of benzene rings is 2. The van der Waals surface area contributed by atoms with E-state index < -0.39 is 17.3 Å². The lowest BCUT2D eigenvalue weighted by atomic mass is 10.2. The monoisotopic (exact) mass is 415 g/mol. The minimum atomic E-state index is -0.602. The molecule has 1 amide bonds. The van der Waals surface area contributed by atoms with Gasteiger partial charge in [-0.3, -0.25) is 19.0 Å². The van der Waals surface area contributed by atoms with Gasteiger partial charge in [-0.15, -0.1) is 0 Å². The molecule has 1 heterocycles. The van der Waals surface area contributed by atoms with Gasteiger partial charge in [0.05, 0.1) is 23.8 Å². The molecule has 0 saturated heterocycles. The molecule has 3 rings (SSSR count). The second-order valence-corrected chi connectivity index (χ2v) is 6.98. The Morgan fingerprint density at radius 2 is 1.90 bits per heavy atom. The maximum absolute atomic E-state index is 13.6. The maximum Gasteiger partial charge on any atom is 0.325 e. The van der Waals surface area contributed by atoms with Crippen LogP contribution in [-0.2, 0) is 27.4 Å². The predicted molar refractivity (Wildman–Crippen MR) is 107 cm³/mol. The lowest BCUT2D eigenvalue weighted by Gasteiger charge is -2.12. The number of hydrogen-bond donors (Lipinski definition) is 1. The molecule has 0 bridgehead atoms. The average Bonchev–Trinajstić information content (AvgIpc) is 2.73. The summed E-state index contributed by atoms with van der Waals surface area (Å²) in [4.78, 5) is 41.1. The van der Waals surface area contributed by atoms with Gasteiger partial charge in [-0.25, -0.2) is 9.37 Å². The number of nitrogens with zero attached hydrogens (tertiary/aromatic N) is 2. The molecule has 1 N–H and O–H groups in total. The molecular formula is C20H18FN3O4S. The maximum atomic E-state index is 13.6. The Hall–Kier alpha value is -3.20. The molecule has 0 aliphatic rings. The summed E-state index contributed by atoms with van der Waals surface area (Å²) in [5.41, 5.74) is 0.445. The molecule has 0 atom stereocenters. The van der Waals surface area contributed by atoms with E-state index in [2.05, 4.69) is 15.0 Å². The SMILES string of the molecule is COC(=O)Cn1c(SCC(=O)NCc2ccccc2F)nc2ccccc2c1=O. The zero-order chi connectivity index (χ0) is 20.8. The van der Waals surface area contributed by atoms with Gasteiger partial charge in [0.2, 0.25) is 5.91 Å². The Labute approximate surface area is 169 Å². The lowest BCUT2D eigenvalue weighted by Crippen LogP contribution is -2.29. The van der Waals surface area contributed by atoms with Crippen LogP contribution in [0.2, 0.25) is 0 Å². The van der Waals surface area contributed by atoms with E-state index in [1.165, 1.54) is 17.7 Å². The Bertz CT molecular complexity index is 1120. The first-order valence-electron chi connectivity index (χ1n) is 8.69. The van der Waals surface area contributed by atoms with E-state index in [9.17, 15) is 18.8 Å². The Morgan fingerprint density at radius 3 is 2.66 bits per heavy atom. The molecular weight excluding hydrogens is 397 g/mol. The van der Waals surface area contributed by atoms with E-state index in [4.69, 9.17) is 0 Å². The highest BCUT2D eigenvalue weighted by Crippen LogP contribution is 2.18. The van der Waals surface area contributed by atoms with Gasteiger partial charge in [0.25, 0.3) is 5.56 Å². The van der Waals surface area contributed by atoms with Crippen LogP contribution in [0, 0.1) is 5.82 Å². The molecule has 2 aromatic carbocycles. The van der Waals surface area contributed by atoms with Crippen LogP contribution in [0.1, 0.15) is 5.56 Å². The van der Waals surface area contributed by atoms with Crippen molar-refractivity contribution < 1.29 is 18.7 Å². The topological polar surface area (TPSA) is 90.3 Å². The molecule has 150 valence electrons. The van der Waals surface area contributed by atoms with Gasteiger partial charge in [-0.05, 0) is 18.2 Å². The summed E-state index contributed by atoms with van der Waals surface area (Å²) in [6.07, 6.45) is 0. The summed E-state index contributed by atoms with van der Waals surface area (Å²) in [7, 11) is 1.23. The Kier molecular flexibility index (Phi) is 6.61. The number of nitrogens with one attached hydrogen (secondary N) is 1. The summed E-state index contributed by atoms with van der Waals surface area (Å²) >= 11 is 1.01. The molecule has 7 nitrogen and oxygen atoms in total. The highest BCUT2D eigenvalue weighted by molar-refractivity contribution is 7.99. The molecule has 0 unspecified atom stereocenters. The number of hydrogen-bond acceptors (Lipinski definition) is 6. The van der Waals surface area contributed by atoms with E-state index in [-0.39, 0.29) is 29.9 Å². The van der Waals surface area contributed by atoms with Gasteiger partial charge < -0.3 is 10.1 Å². The number of para-hydroxylation sites is 1. The highest BCUT2D eigenvalue weighted by atomic mass is 32.2. The van der Waals surface area contributed by atoms with Crippen molar-refractivity contribution in [1.29, 1.82) is 0 Å². The summed E-state index contributed by atoms with van der Waals surface area (Å²) in [6, 6.07) is 12.9. The van der Waals surface area contributed by atoms with Crippen molar-refractivity contribution in [2.45, 2.75) is 18.2 Å². The molecule has 0 aliphatic carbocycles. The molecule has 0 radical (unpaired) electrons. The third kappa shape index (κ3) is 5.00. The van der Waals surface area contributed by atoms with Gasteiger partial charge in [0, 0.05) is 12.1 Å². The smallest absolute Gasteiger partial charge is 0.325 e. The standard InChI is InChI=1S/C20H18FN3O4S/c1-28-18(26)11-24-19(27)14-7-3-5-9-16(14)23-20(24)29-12-17(25)22-10-13-6-2-4-8-15(13)21/h2-9H,10-12H2,1H3,(H,22,25). The van der Waals surface area contributed by atoms with Crippen LogP contribution in [0.15, 0.2) is 58.5 Å². The number of thioether (sulfide) groups is 1. The number of carbonyl (C=O) groups is 2. The second-order valence-electron chi connectivity index (χ2n) is 6.04. The van der Waals surface area contributed by atoms with E-state index in [1.54, 1.807) is 42.5 Å². The lowest BCUT2D eigenvalue weighted by molar-refractivity contribution is -0.141. The van der Waals surface area contributed by atoms with Crippen LogP contribution in [0.5, 0.6) is 0 Å². The third-order valence-corrected chi connectivity index (χ3v) is 5.08. The van der Waals surface area contributed by atoms with Crippen molar-refractivity contribution >= 4 is 34.5 Å². The quantitative estimate of drug-likeness (QED) is 0.361. The van der Waals surface area contributed by atoms with E-state index >= 15 is 0 Å². The number of halogens is 1.